The van der Waals surface area contributed by atoms with E-state index in [9.17, 15) is 4.21 Å². The molecule has 1 aromatic carbocycles. The minimum absolute atomic E-state index is 0.149. The third-order valence-electron chi connectivity index (χ3n) is 3.21. The monoisotopic (exact) mass is 321 g/mol. The van der Waals surface area contributed by atoms with E-state index in [0.717, 1.165) is 22.9 Å². The molecule has 0 aliphatic rings. The molecule has 2 unspecified atom stereocenters. The molecule has 0 fully saturated rings. The van der Waals surface area contributed by atoms with Gasteiger partial charge in [0.05, 0.1) is 11.1 Å². The zero-order valence-electron chi connectivity index (χ0n) is 12.1. The van der Waals surface area contributed by atoms with E-state index >= 15 is 0 Å². The van der Waals surface area contributed by atoms with Crippen molar-refractivity contribution in [2.75, 3.05) is 17.3 Å². The molecule has 0 saturated carbocycles. The summed E-state index contributed by atoms with van der Waals surface area (Å²) in [4.78, 5) is 4.93. The Kier molecular flexibility index (Phi) is 5.25. The lowest BCUT2D eigenvalue weighted by Crippen LogP contribution is -2.22. The Bertz CT molecular complexity index is 688. The largest absolute Gasteiger partial charge is 0.389 e. The molecule has 2 rings (SSSR count). The molecule has 0 aliphatic heterocycles. The number of benzene rings is 1. The first-order chi connectivity index (χ1) is 9.97. The van der Waals surface area contributed by atoms with Crippen LogP contribution < -0.4 is 11.1 Å². The van der Waals surface area contributed by atoms with E-state index in [1.807, 2.05) is 37.3 Å². The Labute approximate surface area is 132 Å². The van der Waals surface area contributed by atoms with Crippen LogP contribution in [0.5, 0.6) is 0 Å². The van der Waals surface area contributed by atoms with Gasteiger partial charge in [-0.3, -0.25) is 4.21 Å². The molecular formula is C15H19N3OS2. The molecule has 3 N–H and O–H groups in total. The van der Waals surface area contributed by atoms with Crippen molar-refractivity contribution < 1.29 is 4.21 Å². The molecule has 6 heteroatoms. The summed E-state index contributed by atoms with van der Waals surface area (Å²) in [6.45, 7) is 2.03. The Balaban J connectivity index is 2.30. The fraction of sp³-hybridized carbons (Fsp3) is 0.333. The fourth-order valence-corrected chi connectivity index (χ4v) is 2.90. The van der Waals surface area contributed by atoms with Crippen LogP contribution in [0.15, 0.2) is 30.3 Å². The Morgan fingerprint density at radius 1 is 1.48 bits per heavy atom. The summed E-state index contributed by atoms with van der Waals surface area (Å²) in [6, 6.07) is 9.95. The SMILES string of the molecule is CC(CCS(C)=O)Nc1nc2ccccc2cc1C(N)=S. The zero-order chi connectivity index (χ0) is 15.4. The predicted octanol–water partition coefficient (Wildman–Crippen LogP) is 2.44. The molecular weight excluding hydrogens is 302 g/mol. The van der Waals surface area contributed by atoms with Crippen LogP contribution in [0.4, 0.5) is 5.82 Å². The maximum Gasteiger partial charge on any atom is 0.137 e. The van der Waals surface area contributed by atoms with Gasteiger partial charge in [0.2, 0.25) is 0 Å². The number of aromatic nitrogens is 1. The van der Waals surface area contributed by atoms with Gasteiger partial charge in [-0.25, -0.2) is 4.98 Å². The van der Waals surface area contributed by atoms with Crippen molar-refractivity contribution in [2.24, 2.45) is 5.73 Å². The molecule has 4 nitrogen and oxygen atoms in total. The second-order valence-electron chi connectivity index (χ2n) is 5.05. The minimum Gasteiger partial charge on any atom is -0.389 e. The van der Waals surface area contributed by atoms with Crippen molar-refractivity contribution >= 4 is 44.7 Å². The number of thiocarbonyl (C=S) groups is 1. The van der Waals surface area contributed by atoms with Crippen molar-refractivity contribution in [1.82, 2.24) is 4.98 Å². The number of fused-ring (bicyclic) bond motifs is 1. The van der Waals surface area contributed by atoms with Gasteiger partial charge >= 0.3 is 0 Å². The number of para-hydroxylation sites is 1. The highest BCUT2D eigenvalue weighted by atomic mass is 32.2. The first kappa shape index (κ1) is 15.9. The average Bonchev–Trinajstić information content (AvgIpc) is 2.44. The summed E-state index contributed by atoms with van der Waals surface area (Å²) < 4.78 is 11.2. The molecule has 1 heterocycles. The van der Waals surface area contributed by atoms with Crippen molar-refractivity contribution in [2.45, 2.75) is 19.4 Å². The number of nitrogens with zero attached hydrogens (tertiary/aromatic N) is 1. The van der Waals surface area contributed by atoms with Gasteiger partial charge in [0, 0.05) is 34.2 Å². The highest BCUT2D eigenvalue weighted by Gasteiger charge is 2.12. The third-order valence-corrected chi connectivity index (χ3v) is 4.24. The van der Waals surface area contributed by atoms with Crippen LogP contribution in [0.1, 0.15) is 18.9 Å². The van der Waals surface area contributed by atoms with E-state index in [4.69, 9.17) is 18.0 Å². The van der Waals surface area contributed by atoms with Crippen LogP contribution in [0.25, 0.3) is 10.9 Å². The number of nitrogens with two attached hydrogens (primary N) is 1. The average molecular weight is 321 g/mol. The molecule has 112 valence electrons. The summed E-state index contributed by atoms with van der Waals surface area (Å²) in [5.74, 6) is 1.35. The van der Waals surface area contributed by atoms with Crippen LogP contribution in [0, 0.1) is 0 Å². The minimum atomic E-state index is -0.791. The van der Waals surface area contributed by atoms with Crippen LogP contribution in [-0.2, 0) is 10.8 Å². The number of nitrogens with one attached hydrogen (secondary N) is 1. The lowest BCUT2D eigenvalue weighted by atomic mass is 10.1. The van der Waals surface area contributed by atoms with Gasteiger partial charge < -0.3 is 11.1 Å². The smallest absolute Gasteiger partial charge is 0.137 e. The first-order valence-electron chi connectivity index (χ1n) is 6.73. The number of rotatable bonds is 6. The van der Waals surface area contributed by atoms with Crippen molar-refractivity contribution in [3.05, 3.63) is 35.9 Å². The van der Waals surface area contributed by atoms with Gasteiger partial charge in [0.25, 0.3) is 0 Å². The van der Waals surface area contributed by atoms with Crippen LogP contribution in [0.2, 0.25) is 0 Å². The molecule has 1 aromatic heterocycles. The van der Waals surface area contributed by atoms with E-state index < -0.39 is 10.8 Å². The van der Waals surface area contributed by atoms with Crippen molar-refractivity contribution in [3.8, 4) is 0 Å². The third kappa shape index (κ3) is 4.22. The molecule has 0 radical (unpaired) electrons. The van der Waals surface area contributed by atoms with Gasteiger partial charge in [-0.1, -0.05) is 30.4 Å². The summed E-state index contributed by atoms with van der Waals surface area (Å²) in [6.07, 6.45) is 2.51. The van der Waals surface area contributed by atoms with Crippen LogP contribution >= 0.6 is 12.2 Å². The zero-order valence-corrected chi connectivity index (χ0v) is 13.8. The maximum atomic E-state index is 11.2. The second-order valence-corrected chi connectivity index (χ2v) is 7.05. The topological polar surface area (TPSA) is 68.0 Å². The lowest BCUT2D eigenvalue weighted by Gasteiger charge is -2.17. The Morgan fingerprint density at radius 3 is 2.86 bits per heavy atom. The fourth-order valence-electron chi connectivity index (χ4n) is 2.06. The van der Waals surface area contributed by atoms with Gasteiger partial charge in [-0.05, 0) is 25.5 Å². The van der Waals surface area contributed by atoms with Crippen molar-refractivity contribution in [1.29, 1.82) is 0 Å². The quantitative estimate of drug-likeness (QED) is 0.800. The predicted molar refractivity (Wildman–Crippen MR) is 94.3 cm³/mol. The van der Waals surface area contributed by atoms with Gasteiger partial charge in [0.1, 0.15) is 10.8 Å². The van der Waals surface area contributed by atoms with Crippen LogP contribution in [0.3, 0.4) is 0 Å². The molecule has 0 bridgehead atoms. The molecule has 0 amide bonds. The lowest BCUT2D eigenvalue weighted by molar-refractivity contribution is 0.678. The van der Waals surface area contributed by atoms with Crippen LogP contribution in [-0.4, -0.2) is 32.2 Å². The summed E-state index contributed by atoms with van der Waals surface area (Å²) in [7, 11) is -0.791. The number of anilines is 1. The van der Waals surface area contributed by atoms with E-state index in [1.165, 1.54) is 0 Å². The molecule has 0 spiro atoms. The second kappa shape index (κ2) is 6.95. The van der Waals surface area contributed by atoms with E-state index in [-0.39, 0.29) is 6.04 Å². The number of pyridine rings is 1. The molecule has 0 saturated heterocycles. The van der Waals surface area contributed by atoms with E-state index in [1.54, 1.807) is 6.26 Å². The Morgan fingerprint density at radius 2 is 2.19 bits per heavy atom. The Hall–Kier alpha value is -1.53. The van der Waals surface area contributed by atoms with Crippen molar-refractivity contribution in [3.63, 3.8) is 0 Å². The van der Waals surface area contributed by atoms with Gasteiger partial charge in [0.15, 0.2) is 0 Å². The molecule has 0 aliphatic carbocycles. The molecule has 2 atom stereocenters. The van der Waals surface area contributed by atoms with E-state index in [2.05, 4.69) is 10.3 Å². The van der Waals surface area contributed by atoms with Gasteiger partial charge in [-0.2, -0.15) is 0 Å². The highest BCUT2D eigenvalue weighted by Crippen LogP contribution is 2.21. The maximum absolute atomic E-state index is 11.2. The summed E-state index contributed by atoms with van der Waals surface area (Å²) in [5, 5.41) is 4.33. The van der Waals surface area contributed by atoms with E-state index in [0.29, 0.717) is 16.6 Å². The highest BCUT2D eigenvalue weighted by molar-refractivity contribution is 7.84. The standard InChI is InChI=1S/C15H19N3OS2/c1-10(7-8-21(2)19)17-15-12(14(16)20)9-11-5-3-4-6-13(11)18-15/h3-6,9-10H,7-8H2,1-2H3,(H2,16,20)(H,17,18). The number of hydrogen-bond donors (Lipinski definition) is 2. The summed E-state index contributed by atoms with van der Waals surface area (Å²) in [5.41, 5.74) is 7.44. The summed E-state index contributed by atoms with van der Waals surface area (Å²) >= 11 is 5.12. The normalized spacial score (nSPS) is 13.8. The molecule has 21 heavy (non-hydrogen) atoms. The first-order valence-corrected chi connectivity index (χ1v) is 8.87. The molecule has 2 aromatic rings. The van der Waals surface area contributed by atoms with Gasteiger partial charge in [-0.15, -0.1) is 0 Å². The number of hydrogen-bond acceptors (Lipinski definition) is 4.